The van der Waals surface area contributed by atoms with E-state index in [1.807, 2.05) is 34.6 Å². The first kappa shape index (κ1) is 12.5. The van der Waals surface area contributed by atoms with Crippen LogP contribution in [0.15, 0.2) is 24.5 Å². The highest BCUT2D eigenvalue weighted by molar-refractivity contribution is 7.99. The van der Waals surface area contributed by atoms with Crippen molar-refractivity contribution in [2.24, 2.45) is 0 Å². The molecule has 4 nitrogen and oxygen atoms in total. The van der Waals surface area contributed by atoms with E-state index < -0.39 is 0 Å². The van der Waals surface area contributed by atoms with Crippen LogP contribution in [-0.4, -0.2) is 34.0 Å². The summed E-state index contributed by atoms with van der Waals surface area (Å²) in [6.07, 6.45) is 6.31. The number of carbonyl (C=O) groups is 1. The molecule has 0 saturated carbocycles. The van der Waals surface area contributed by atoms with E-state index >= 15 is 0 Å². The molecule has 0 spiro atoms. The van der Waals surface area contributed by atoms with E-state index in [2.05, 4.69) is 4.98 Å². The largest absolute Gasteiger partial charge is 0.465 e. The van der Waals surface area contributed by atoms with E-state index in [0.29, 0.717) is 17.1 Å². The standard InChI is InChI=1S/C14H16N2O2S/c1-18-14(17)11-3-2-6-16-9-12(15-13(11)16)10-4-7-19-8-5-10/h2-3,6,9-10H,4-5,7-8H2,1H3. The van der Waals surface area contributed by atoms with Gasteiger partial charge in [-0.05, 0) is 36.5 Å². The summed E-state index contributed by atoms with van der Waals surface area (Å²) in [6.45, 7) is 0. The SMILES string of the molecule is COC(=O)c1cccn2cc(C3CCSCC3)nc12. The number of esters is 1. The molecular formula is C14H16N2O2S. The maximum absolute atomic E-state index is 11.7. The molecule has 5 heteroatoms. The molecule has 0 N–H and O–H groups in total. The number of thioether (sulfide) groups is 1. The Balaban J connectivity index is 2.02. The molecule has 1 aliphatic heterocycles. The lowest BCUT2D eigenvalue weighted by atomic mass is 10.00. The highest BCUT2D eigenvalue weighted by Crippen LogP contribution is 2.31. The van der Waals surface area contributed by atoms with Gasteiger partial charge in [0.05, 0.1) is 12.8 Å². The molecule has 2 aromatic rings. The number of fused-ring (bicyclic) bond motifs is 1. The molecule has 1 fully saturated rings. The van der Waals surface area contributed by atoms with Crippen LogP contribution < -0.4 is 0 Å². The molecule has 0 bridgehead atoms. The van der Waals surface area contributed by atoms with Crippen LogP contribution in [0.2, 0.25) is 0 Å². The Kier molecular flexibility index (Phi) is 3.46. The van der Waals surface area contributed by atoms with Gasteiger partial charge < -0.3 is 9.14 Å². The smallest absolute Gasteiger partial charge is 0.341 e. The predicted octanol–water partition coefficient (Wildman–Crippen LogP) is 2.73. The fraction of sp³-hybridized carbons (Fsp3) is 0.429. The summed E-state index contributed by atoms with van der Waals surface area (Å²) in [5.74, 6) is 2.58. The van der Waals surface area contributed by atoms with Crippen LogP contribution in [0.3, 0.4) is 0 Å². The van der Waals surface area contributed by atoms with Crippen molar-refractivity contribution in [2.45, 2.75) is 18.8 Å². The first-order chi connectivity index (χ1) is 9.29. The third-order valence-corrected chi connectivity index (χ3v) is 4.60. The number of carbonyl (C=O) groups excluding carboxylic acids is 1. The first-order valence-electron chi connectivity index (χ1n) is 6.43. The van der Waals surface area contributed by atoms with Crippen molar-refractivity contribution >= 4 is 23.4 Å². The summed E-state index contributed by atoms with van der Waals surface area (Å²) in [5.41, 5.74) is 2.32. The molecule has 19 heavy (non-hydrogen) atoms. The second kappa shape index (κ2) is 5.25. The van der Waals surface area contributed by atoms with Crippen LogP contribution in [0.25, 0.3) is 5.65 Å². The van der Waals surface area contributed by atoms with Crippen LogP contribution in [-0.2, 0) is 4.74 Å². The van der Waals surface area contributed by atoms with Crippen LogP contribution in [0.4, 0.5) is 0 Å². The van der Waals surface area contributed by atoms with Crippen molar-refractivity contribution in [1.82, 2.24) is 9.38 Å². The summed E-state index contributed by atoms with van der Waals surface area (Å²) >= 11 is 2.00. The number of hydrogen-bond acceptors (Lipinski definition) is 4. The average molecular weight is 276 g/mol. The van der Waals surface area contributed by atoms with Gasteiger partial charge in [-0.25, -0.2) is 9.78 Å². The van der Waals surface area contributed by atoms with Gasteiger partial charge in [0.2, 0.25) is 0 Å². The molecule has 0 atom stereocenters. The second-order valence-electron chi connectivity index (χ2n) is 4.70. The number of imidazole rings is 1. The second-order valence-corrected chi connectivity index (χ2v) is 5.92. The van der Waals surface area contributed by atoms with E-state index in [1.165, 1.54) is 31.5 Å². The maximum Gasteiger partial charge on any atom is 0.341 e. The highest BCUT2D eigenvalue weighted by Gasteiger charge is 2.20. The number of rotatable bonds is 2. The molecular weight excluding hydrogens is 260 g/mol. The van der Waals surface area contributed by atoms with Crippen molar-refractivity contribution in [2.75, 3.05) is 18.6 Å². The van der Waals surface area contributed by atoms with E-state index in [1.54, 1.807) is 6.07 Å². The molecule has 0 unspecified atom stereocenters. The zero-order chi connectivity index (χ0) is 13.2. The Hall–Kier alpha value is -1.49. The van der Waals surface area contributed by atoms with Gasteiger partial charge >= 0.3 is 5.97 Å². The first-order valence-corrected chi connectivity index (χ1v) is 7.58. The van der Waals surface area contributed by atoms with Crippen molar-refractivity contribution < 1.29 is 9.53 Å². The number of methoxy groups -OCH3 is 1. The zero-order valence-corrected chi connectivity index (χ0v) is 11.7. The van der Waals surface area contributed by atoms with Crippen LogP contribution in [0.5, 0.6) is 0 Å². The number of ether oxygens (including phenoxy) is 1. The Morgan fingerprint density at radius 2 is 2.26 bits per heavy atom. The lowest BCUT2D eigenvalue weighted by Crippen LogP contribution is -2.08. The number of hydrogen-bond donors (Lipinski definition) is 0. The van der Waals surface area contributed by atoms with Gasteiger partial charge in [-0.3, -0.25) is 0 Å². The van der Waals surface area contributed by atoms with Crippen molar-refractivity contribution in [1.29, 1.82) is 0 Å². The van der Waals surface area contributed by atoms with E-state index in [-0.39, 0.29) is 5.97 Å². The molecule has 100 valence electrons. The highest BCUT2D eigenvalue weighted by atomic mass is 32.2. The van der Waals surface area contributed by atoms with Crippen LogP contribution in [0.1, 0.15) is 34.8 Å². The Morgan fingerprint density at radius 1 is 1.47 bits per heavy atom. The summed E-state index contributed by atoms with van der Waals surface area (Å²) in [7, 11) is 1.40. The van der Waals surface area contributed by atoms with Gasteiger partial charge in [0, 0.05) is 18.3 Å². The lowest BCUT2D eigenvalue weighted by Gasteiger charge is -2.18. The van der Waals surface area contributed by atoms with Gasteiger partial charge in [-0.15, -0.1) is 0 Å². The zero-order valence-electron chi connectivity index (χ0n) is 10.8. The Morgan fingerprint density at radius 3 is 3.00 bits per heavy atom. The third-order valence-electron chi connectivity index (χ3n) is 3.55. The van der Waals surface area contributed by atoms with E-state index in [9.17, 15) is 4.79 Å². The molecule has 3 heterocycles. The minimum atomic E-state index is -0.332. The molecule has 3 rings (SSSR count). The molecule has 1 aliphatic rings. The van der Waals surface area contributed by atoms with Crippen LogP contribution in [0, 0.1) is 0 Å². The van der Waals surface area contributed by atoms with Gasteiger partial charge in [-0.2, -0.15) is 11.8 Å². The van der Waals surface area contributed by atoms with Gasteiger partial charge in [0.15, 0.2) is 5.65 Å². The summed E-state index contributed by atoms with van der Waals surface area (Å²) in [5, 5.41) is 0. The number of pyridine rings is 1. The number of nitrogens with zero attached hydrogens (tertiary/aromatic N) is 2. The van der Waals surface area contributed by atoms with Gasteiger partial charge in [-0.1, -0.05) is 0 Å². The van der Waals surface area contributed by atoms with E-state index in [4.69, 9.17) is 4.74 Å². The Labute approximate surface area is 116 Å². The molecule has 1 saturated heterocycles. The van der Waals surface area contributed by atoms with Crippen molar-refractivity contribution in [3.63, 3.8) is 0 Å². The minimum absolute atomic E-state index is 0.332. The van der Waals surface area contributed by atoms with Crippen molar-refractivity contribution in [3.05, 3.63) is 35.8 Å². The predicted molar refractivity (Wildman–Crippen MR) is 75.8 cm³/mol. The van der Waals surface area contributed by atoms with E-state index in [0.717, 1.165) is 5.69 Å². The lowest BCUT2D eigenvalue weighted by molar-refractivity contribution is 0.0602. The molecule has 2 aromatic heterocycles. The number of aromatic nitrogens is 2. The molecule has 0 amide bonds. The summed E-state index contributed by atoms with van der Waals surface area (Å²) in [6, 6.07) is 3.61. The maximum atomic E-state index is 11.7. The molecule has 0 aromatic carbocycles. The van der Waals surface area contributed by atoms with Crippen LogP contribution >= 0.6 is 11.8 Å². The topological polar surface area (TPSA) is 43.6 Å². The molecule has 0 aliphatic carbocycles. The van der Waals surface area contributed by atoms with Gasteiger partial charge in [0.25, 0.3) is 0 Å². The third kappa shape index (κ3) is 2.34. The quantitative estimate of drug-likeness (QED) is 0.791. The summed E-state index contributed by atoms with van der Waals surface area (Å²) in [4.78, 5) is 16.4. The molecule has 0 radical (unpaired) electrons. The normalized spacial score (nSPS) is 16.7. The summed E-state index contributed by atoms with van der Waals surface area (Å²) < 4.78 is 6.72. The monoisotopic (exact) mass is 276 g/mol. The Bertz CT molecular complexity index is 603. The van der Waals surface area contributed by atoms with Crippen molar-refractivity contribution in [3.8, 4) is 0 Å². The average Bonchev–Trinajstić information content (AvgIpc) is 2.91. The fourth-order valence-electron chi connectivity index (χ4n) is 2.49. The fourth-order valence-corrected chi connectivity index (χ4v) is 3.60. The minimum Gasteiger partial charge on any atom is -0.465 e. The van der Waals surface area contributed by atoms with Gasteiger partial charge in [0.1, 0.15) is 5.56 Å².